The Labute approximate surface area is 141 Å². The number of ether oxygens (including phenoxy) is 1. The van der Waals surface area contributed by atoms with Crippen molar-refractivity contribution < 1.29 is 9.13 Å². The molecule has 2 nitrogen and oxygen atoms in total. The lowest BCUT2D eigenvalue weighted by Crippen LogP contribution is -2.18. The third-order valence-corrected chi connectivity index (χ3v) is 4.18. The summed E-state index contributed by atoms with van der Waals surface area (Å²) in [5, 5.41) is 3.27. The summed E-state index contributed by atoms with van der Waals surface area (Å²) in [5.41, 5.74) is 0.798. The van der Waals surface area contributed by atoms with E-state index in [1.807, 2.05) is 32.0 Å². The maximum absolute atomic E-state index is 13.5. The molecule has 2 aromatic rings. The minimum Gasteiger partial charge on any atom is -0.456 e. The second kappa shape index (κ2) is 7.38. The second-order valence-electron chi connectivity index (χ2n) is 4.64. The third-order valence-electron chi connectivity index (χ3n) is 3.06. The van der Waals surface area contributed by atoms with E-state index >= 15 is 0 Å². The minimum absolute atomic E-state index is 0.00919. The molecule has 5 heteroatoms. The zero-order chi connectivity index (χ0) is 15.4. The monoisotopic (exact) mass is 415 g/mol. The average Bonchev–Trinajstić information content (AvgIpc) is 2.43. The Bertz CT molecular complexity index is 634. The molecule has 0 heterocycles. The highest BCUT2D eigenvalue weighted by molar-refractivity contribution is 9.11. The zero-order valence-corrected chi connectivity index (χ0v) is 15.0. The first-order valence-electron chi connectivity index (χ1n) is 6.67. The highest BCUT2D eigenvalue weighted by Crippen LogP contribution is 2.35. The molecule has 21 heavy (non-hydrogen) atoms. The molecule has 0 spiro atoms. The van der Waals surface area contributed by atoms with Gasteiger partial charge in [-0.3, -0.25) is 0 Å². The smallest absolute Gasteiger partial charge is 0.141 e. The number of halogens is 3. The first-order valence-corrected chi connectivity index (χ1v) is 8.25. The summed E-state index contributed by atoms with van der Waals surface area (Å²) in [6, 6.07) is 10.3. The molecule has 1 atom stereocenters. The topological polar surface area (TPSA) is 21.3 Å². The number of rotatable bonds is 5. The van der Waals surface area contributed by atoms with Gasteiger partial charge in [0.05, 0.1) is 4.47 Å². The predicted molar refractivity (Wildman–Crippen MR) is 90.4 cm³/mol. The summed E-state index contributed by atoms with van der Waals surface area (Å²) in [5.74, 6) is 1.07. The largest absolute Gasteiger partial charge is 0.456 e. The van der Waals surface area contributed by atoms with Crippen molar-refractivity contribution in [3.05, 3.63) is 56.7 Å². The Kier molecular flexibility index (Phi) is 5.79. The molecular weight excluding hydrogens is 401 g/mol. The van der Waals surface area contributed by atoms with Gasteiger partial charge in [0.1, 0.15) is 17.3 Å². The maximum Gasteiger partial charge on any atom is 0.141 e. The summed E-state index contributed by atoms with van der Waals surface area (Å²) in [4.78, 5) is 0. The van der Waals surface area contributed by atoms with Crippen LogP contribution in [0.3, 0.4) is 0 Å². The van der Waals surface area contributed by atoms with Crippen molar-refractivity contribution in [3.63, 3.8) is 0 Å². The second-order valence-corrected chi connectivity index (χ2v) is 6.41. The van der Waals surface area contributed by atoms with Gasteiger partial charge < -0.3 is 10.1 Å². The van der Waals surface area contributed by atoms with E-state index < -0.39 is 0 Å². The number of benzene rings is 2. The van der Waals surface area contributed by atoms with Crippen LogP contribution in [0.1, 0.15) is 25.5 Å². The average molecular weight is 417 g/mol. The van der Waals surface area contributed by atoms with Gasteiger partial charge in [-0.1, -0.05) is 22.9 Å². The number of hydrogen-bond acceptors (Lipinski definition) is 2. The summed E-state index contributed by atoms with van der Waals surface area (Å²) >= 11 is 6.87. The van der Waals surface area contributed by atoms with Crippen molar-refractivity contribution in [2.45, 2.75) is 19.9 Å². The predicted octanol–water partition coefficient (Wildman–Crippen LogP) is 5.81. The van der Waals surface area contributed by atoms with Crippen LogP contribution in [-0.2, 0) is 0 Å². The van der Waals surface area contributed by atoms with E-state index in [0.29, 0.717) is 11.5 Å². The van der Waals surface area contributed by atoms with Crippen LogP contribution in [0.5, 0.6) is 11.5 Å². The number of nitrogens with one attached hydrogen (secondary N) is 1. The van der Waals surface area contributed by atoms with Crippen molar-refractivity contribution >= 4 is 31.9 Å². The minimum atomic E-state index is -0.267. The fourth-order valence-electron chi connectivity index (χ4n) is 2.04. The van der Waals surface area contributed by atoms with Crippen molar-refractivity contribution in [2.75, 3.05) is 6.54 Å². The molecule has 0 aromatic heterocycles. The normalized spacial score (nSPS) is 12.2. The first-order chi connectivity index (χ1) is 10.0. The molecule has 0 aliphatic carbocycles. The fourth-order valence-corrected chi connectivity index (χ4v) is 3.17. The Morgan fingerprint density at radius 3 is 2.52 bits per heavy atom. The van der Waals surface area contributed by atoms with E-state index in [4.69, 9.17) is 4.74 Å². The van der Waals surface area contributed by atoms with E-state index in [1.54, 1.807) is 6.07 Å². The van der Waals surface area contributed by atoms with E-state index in [-0.39, 0.29) is 11.9 Å². The summed E-state index contributed by atoms with van der Waals surface area (Å²) in [6.45, 7) is 4.81. The van der Waals surface area contributed by atoms with Crippen molar-refractivity contribution in [1.82, 2.24) is 5.32 Å². The highest BCUT2D eigenvalue weighted by atomic mass is 79.9. The molecule has 1 N–H and O–H groups in total. The molecule has 0 amide bonds. The molecule has 2 aromatic carbocycles. The van der Waals surface area contributed by atoms with E-state index in [2.05, 4.69) is 37.2 Å². The third kappa shape index (κ3) is 4.28. The molecule has 0 bridgehead atoms. The molecule has 1 unspecified atom stereocenters. The van der Waals surface area contributed by atoms with Gasteiger partial charge in [0.25, 0.3) is 0 Å². The van der Waals surface area contributed by atoms with Crippen LogP contribution in [0.15, 0.2) is 45.3 Å². The van der Waals surface area contributed by atoms with Gasteiger partial charge >= 0.3 is 0 Å². The molecular formula is C16H16Br2FNO. The first kappa shape index (κ1) is 16.5. The molecule has 0 aliphatic heterocycles. The van der Waals surface area contributed by atoms with E-state index in [0.717, 1.165) is 21.1 Å². The standard InChI is InChI=1S/C16H16Br2FNO/c1-3-20-10(2)13-9-12(19)5-7-15(13)21-16-6-4-11(17)8-14(16)18/h4-10,20H,3H2,1-2H3. The van der Waals surface area contributed by atoms with Gasteiger partial charge in [-0.15, -0.1) is 0 Å². The van der Waals surface area contributed by atoms with E-state index in [1.165, 1.54) is 12.1 Å². The Balaban J connectivity index is 2.34. The summed E-state index contributed by atoms with van der Waals surface area (Å²) in [7, 11) is 0. The lowest BCUT2D eigenvalue weighted by atomic mass is 10.1. The SMILES string of the molecule is CCNC(C)c1cc(F)ccc1Oc1ccc(Br)cc1Br. The molecule has 0 saturated carbocycles. The number of hydrogen-bond donors (Lipinski definition) is 1. The highest BCUT2D eigenvalue weighted by Gasteiger charge is 2.14. The molecule has 0 aliphatic rings. The lowest BCUT2D eigenvalue weighted by molar-refractivity contribution is 0.457. The molecule has 0 fully saturated rings. The van der Waals surface area contributed by atoms with Gasteiger partial charge in [0.2, 0.25) is 0 Å². The van der Waals surface area contributed by atoms with Crippen LogP contribution in [0.25, 0.3) is 0 Å². The van der Waals surface area contributed by atoms with Gasteiger partial charge in [-0.05, 0) is 65.8 Å². The Morgan fingerprint density at radius 2 is 1.86 bits per heavy atom. The molecule has 112 valence electrons. The molecule has 0 saturated heterocycles. The van der Waals surface area contributed by atoms with Crippen LogP contribution in [0.4, 0.5) is 4.39 Å². The van der Waals surface area contributed by atoms with Crippen LogP contribution in [0, 0.1) is 5.82 Å². The summed E-state index contributed by atoms with van der Waals surface area (Å²) in [6.07, 6.45) is 0. The summed E-state index contributed by atoms with van der Waals surface area (Å²) < 4.78 is 21.3. The molecule has 2 rings (SSSR count). The quantitative estimate of drug-likeness (QED) is 0.663. The Morgan fingerprint density at radius 1 is 1.14 bits per heavy atom. The van der Waals surface area contributed by atoms with E-state index in [9.17, 15) is 4.39 Å². The van der Waals surface area contributed by atoms with Crippen LogP contribution in [0.2, 0.25) is 0 Å². The van der Waals surface area contributed by atoms with Gasteiger partial charge in [-0.25, -0.2) is 4.39 Å². The molecule has 0 radical (unpaired) electrons. The Hall–Kier alpha value is -0.910. The zero-order valence-electron chi connectivity index (χ0n) is 11.8. The van der Waals surface area contributed by atoms with Gasteiger partial charge in [-0.2, -0.15) is 0 Å². The maximum atomic E-state index is 13.5. The van der Waals surface area contributed by atoms with Crippen molar-refractivity contribution in [2.24, 2.45) is 0 Å². The van der Waals surface area contributed by atoms with Crippen LogP contribution >= 0.6 is 31.9 Å². The van der Waals surface area contributed by atoms with Crippen molar-refractivity contribution in [3.8, 4) is 11.5 Å². The van der Waals surface area contributed by atoms with Crippen LogP contribution < -0.4 is 10.1 Å². The van der Waals surface area contributed by atoms with Crippen molar-refractivity contribution in [1.29, 1.82) is 0 Å². The van der Waals surface area contributed by atoms with Gasteiger partial charge in [0.15, 0.2) is 0 Å². The van der Waals surface area contributed by atoms with Gasteiger partial charge in [0, 0.05) is 16.1 Å². The fraction of sp³-hybridized carbons (Fsp3) is 0.250. The van der Waals surface area contributed by atoms with Crippen LogP contribution in [-0.4, -0.2) is 6.54 Å². The lowest BCUT2D eigenvalue weighted by Gasteiger charge is -2.18.